The molecule has 0 fully saturated rings. The largest absolute Gasteiger partial charge is 0.496 e. The third-order valence-corrected chi connectivity index (χ3v) is 8.37. The number of esters is 1. The van der Waals surface area contributed by atoms with E-state index >= 15 is 0 Å². The average molecular weight is 618 g/mol. The molecule has 0 saturated heterocycles. The summed E-state index contributed by atoms with van der Waals surface area (Å²) in [6.07, 6.45) is 1.84. The number of ether oxygens (including phenoxy) is 2. The van der Waals surface area contributed by atoms with E-state index in [4.69, 9.17) is 14.5 Å². The van der Waals surface area contributed by atoms with Gasteiger partial charge in [0.05, 0.1) is 40.0 Å². The van der Waals surface area contributed by atoms with Crippen molar-refractivity contribution in [3.8, 4) is 5.75 Å². The molecule has 1 aliphatic heterocycles. The Morgan fingerprint density at radius 1 is 1.10 bits per heavy atom. The number of aromatic nitrogens is 1. The number of benzene rings is 3. The fraction of sp³-hybridized carbons (Fsp3) is 0.219. The van der Waals surface area contributed by atoms with Crippen LogP contribution in [0.1, 0.15) is 55.0 Å². The predicted octanol–water partition coefficient (Wildman–Crippen LogP) is 5.83. The van der Waals surface area contributed by atoms with Crippen LogP contribution in [-0.2, 0) is 9.53 Å². The highest BCUT2D eigenvalue weighted by Gasteiger charge is 2.35. The molecule has 0 unspecified atom stereocenters. The zero-order valence-corrected chi connectivity index (χ0v) is 25.1. The Morgan fingerprint density at radius 3 is 2.45 bits per heavy atom. The number of hydrogen-bond acceptors (Lipinski definition) is 6. The molecule has 1 aliphatic rings. The van der Waals surface area contributed by atoms with Crippen LogP contribution in [-0.4, -0.2) is 24.3 Å². The lowest BCUT2D eigenvalue weighted by atomic mass is 9.91. The van der Waals surface area contributed by atoms with Gasteiger partial charge in [-0.05, 0) is 63.7 Å². The molecule has 0 saturated carbocycles. The number of thiazole rings is 1. The Kier molecular flexibility index (Phi) is 8.19. The van der Waals surface area contributed by atoms with Gasteiger partial charge >= 0.3 is 5.97 Å². The van der Waals surface area contributed by atoms with Gasteiger partial charge in [0, 0.05) is 5.56 Å². The molecule has 0 radical (unpaired) electrons. The van der Waals surface area contributed by atoms with Crippen LogP contribution in [0.4, 0.5) is 0 Å². The monoisotopic (exact) mass is 616 g/mol. The minimum atomic E-state index is -0.698. The van der Waals surface area contributed by atoms with Crippen LogP contribution in [0, 0.1) is 0 Å². The molecule has 0 N–H and O–H groups in total. The zero-order valence-electron chi connectivity index (χ0n) is 22.7. The summed E-state index contributed by atoms with van der Waals surface area (Å²) in [5.41, 5.74) is 4.24. The molecule has 0 amide bonds. The number of nitrogens with zero attached hydrogens (tertiary/aromatic N) is 2. The molecule has 0 spiro atoms. The maximum absolute atomic E-state index is 14.0. The smallest absolute Gasteiger partial charge is 0.338 e. The van der Waals surface area contributed by atoms with Gasteiger partial charge < -0.3 is 9.47 Å². The minimum Gasteiger partial charge on any atom is -0.496 e. The lowest BCUT2D eigenvalue weighted by Gasteiger charge is -2.26. The van der Waals surface area contributed by atoms with Gasteiger partial charge in [0.1, 0.15) is 5.75 Å². The Bertz CT molecular complexity index is 1770. The van der Waals surface area contributed by atoms with Gasteiger partial charge in [0.2, 0.25) is 0 Å². The third kappa shape index (κ3) is 5.33. The van der Waals surface area contributed by atoms with Crippen molar-refractivity contribution in [2.75, 3.05) is 13.7 Å². The molecule has 4 aromatic rings. The topological polar surface area (TPSA) is 69.9 Å². The van der Waals surface area contributed by atoms with Crippen molar-refractivity contribution in [2.24, 2.45) is 4.99 Å². The number of carbonyl (C=O) groups is 1. The van der Waals surface area contributed by atoms with E-state index in [1.165, 1.54) is 16.9 Å². The number of methoxy groups -OCH3 is 1. The first-order valence-electron chi connectivity index (χ1n) is 13.0. The Morgan fingerprint density at radius 2 is 1.82 bits per heavy atom. The number of carbonyl (C=O) groups excluding carboxylic acids is 1. The van der Waals surface area contributed by atoms with E-state index in [1.54, 1.807) is 18.6 Å². The van der Waals surface area contributed by atoms with E-state index < -0.39 is 12.0 Å². The van der Waals surface area contributed by atoms with Crippen molar-refractivity contribution < 1.29 is 14.3 Å². The van der Waals surface area contributed by atoms with Crippen LogP contribution in [0.3, 0.4) is 0 Å². The van der Waals surface area contributed by atoms with Gasteiger partial charge in [-0.15, -0.1) is 0 Å². The molecule has 6 nitrogen and oxygen atoms in total. The first-order valence-corrected chi connectivity index (χ1v) is 14.6. The van der Waals surface area contributed by atoms with Crippen molar-refractivity contribution >= 4 is 45.0 Å². The summed E-state index contributed by atoms with van der Waals surface area (Å²) >= 11 is 4.82. The predicted molar refractivity (Wildman–Crippen MR) is 162 cm³/mol. The first kappa shape index (κ1) is 27.8. The van der Waals surface area contributed by atoms with Crippen LogP contribution in [0.15, 0.2) is 92.6 Å². The second kappa shape index (κ2) is 11.8. The fourth-order valence-corrected chi connectivity index (χ4v) is 6.30. The second-order valence-corrected chi connectivity index (χ2v) is 11.5. The maximum atomic E-state index is 14.0. The van der Waals surface area contributed by atoms with Gasteiger partial charge in [-0.3, -0.25) is 9.36 Å². The number of hydrogen-bond donors (Lipinski definition) is 0. The zero-order chi connectivity index (χ0) is 28.4. The fourth-order valence-electron chi connectivity index (χ4n) is 4.74. The lowest BCUT2D eigenvalue weighted by Crippen LogP contribution is -2.40. The van der Waals surface area contributed by atoms with Crippen LogP contribution >= 0.6 is 27.3 Å². The lowest BCUT2D eigenvalue weighted by molar-refractivity contribution is -0.138. The van der Waals surface area contributed by atoms with Crippen LogP contribution in [0.25, 0.3) is 11.8 Å². The molecular formula is C32H29BrN2O4S. The highest BCUT2D eigenvalue weighted by atomic mass is 79.9. The van der Waals surface area contributed by atoms with Crippen molar-refractivity contribution in [1.29, 1.82) is 0 Å². The molecule has 1 atom stereocenters. The molecule has 0 aliphatic carbocycles. The Labute approximate surface area is 245 Å². The van der Waals surface area contributed by atoms with Crippen LogP contribution < -0.4 is 19.6 Å². The number of rotatable bonds is 7. The molecule has 2 heterocycles. The summed E-state index contributed by atoms with van der Waals surface area (Å²) in [5.74, 6) is 0.561. The van der Waals surface area contributed by atoms with Gasteiger partial charge in [-0.1, -0.05) is 85.8 Å². The Balaban J connectivity index is 1.79. The standard InChI is InChI=1S/C32H29BrN2O4S/c1-5-39-31(37)27-28(22-9-7-6-8-10-22)34-32-35(29(27)23-14-12-21(13-15-23)19(2)3)30(36)26(40-32)18-20-11-16-25(38-4)24(33)17-20/h6-19,29H,5H2,1-4H3/b26-18-/t29-/m0/s1. The molecule has 40 heavy (non-hydrogen) atoms. The van der Waals surface area contributed by atoms with E-state index in [9.17, 15) is 9.59 Å². The van der Waals surface area contributed by atoms with Crippen LogP contribution in [0.2, 0.25) is 0 Å². The molecule has 8 heteroatoms. The van der Waals surface area contributed by atoms with Crippen molar-refractivity contribution in [1.82, 2.24) is 4.57 Å². The summed E-state index contributed by atoms with van der Waals surface area (Å²) in [5, 5.41) is 0. The highest BCUT2D eigenvalue weighted by Crippen LogP contribution is 2.35. The average Bonchev–Trinajstić information content (AvgIpc) is 3.27. The quantitative estimate of drug-likeness (QED) is 0.245. The summed E-state index contributed by atoms with van der Waals surface area (Å²) < 4.78 is 13.8. The summed E-state index contributed by atoms with van der Waals surface area (Å²) in [4.78, 5) is 33.0. The maximum Gasteiger partial charge on any atom is 0.338 e. The number of fused-ring (bicyclic) bond motifs is 1. The second-order valence-electron chi connectivity index (χ2n) is 9.65. The van der Waals surface area contributed by atoms with Gasteiger partial charge in [0.15, 0.2) is 4.80 Å². The SMILES string of the molecule is CCOC(=O)C1=C(c2ccccc2)N=c2s/c(=C\c3ccc(OC)c(Br)c3)c(=O)n2[C@H]1c1ccc(C(C)C)cc1. The van der Waals surface area contributed by atoms with Crippen LogP contribution in [0.5, 0.6) is 5.75 Å². The summed E-state index contributed by atoms with van der Waals surface area (Å²) in [7, 11) is 1.61. The molecule has 3 aromatic carbocycles. The minimum absolute atomic E-state index is 0.209. The van der Waals surface area contributed by atoms with E-state index in [1.807, 2.05) is 66.7 Å². The first-order chi connectivity index (χ1) is 19.3. The van der Waals surface area contributed by atoms with E-state index in [0.717, 1.165) is 21.2 Å². The van der Waals surface area contributed by atoms with Gasteiger partial charge in [-0.2, -0.15) is 0 Å². The van der Waals surface area contributed by atoms with Crippen molar-refractivity contribution in [3.05, 3.63) is 125 Å². The van der Waals surface area contributed by atoms with E-state index in [0.29, 0.717) is 32.3 Å². The molecule has 204 valence electrons. The van der Waals surface area contributed by atoms with Gasteiger partial charge in [-0.25, -0.2) is 9.79 Å². The van der Waals surface area contributed by atoms with E-state index in [-0.39, 0.29) is 12.2 Å². The number of halogens is 1. The Hall–Kier alpha value is -3.75. The molecule has 5 rings (SSSR count). The summed E-state index contributed by atoms with van der Waals surface area (Å²) in [6.45, 7) is 6.25. The molecule has 1 aromatic heterocycles. The molecule has 0 bridgehead atoms. The highest BCUT2D eigenvalue weighted by molar-refractivity contribution is 9.10. The third-order valence-electron chi connectivity index (χ3n) is 6.77. The van der Waals surface area contributed by atoms with Gasteiger partial charge in [0.25, 0.3) is 5.56 Å². The molecular weight excluding hydrogens is 588 g/mol. The van der Waals surface area contributed by atoms with Crippen molar-refractivity contribution in [3.63, 3.8) is 0 Å². The van der Waals surface area contributed by atoms with Crippen molar-refractivity contribution in [2.45, 2.75) is 32.7 Å². The normalized spacial score (nSPS) is 15.2. The summed E-state index contributed by atoms with van der Waals surface area (Å²) in [6, 6.07) is 22.6. The van der Waals surface area contributed by atoms with E-state index in [2.05, 4.69) is 41.9 Å².